The number of rotatable bonds is 11. The second-order valence-electron chi connectivity index (χ2n) is 8.28. The summed E-state index contributed by atoms with van der Waals surface area (Å²) >= 11 is 1.30. The van der Waals surface area contributed by atoms with Gasteiger partial charge in [0.25, 0.3) is 5.91 Å². The van der Waals surface area contributed by atoms with Crippen molar-refractivity contribution in [2.75, 3.05) is 18.4 Å². The second kappa shape index (κ2) is 11.2. The summed E-state index contributed by atoms with van der Waals surface area (Å²) in [7, 11) is -3.60. The molecule has 0 fully saturated rings. The average Bonchev–Trinajstić information content (AvgIpc) is 3.51. The number of unbranched alkanes of at least 4 members (excludes halogenated alkanes) is 2. The van der Waals surface area contributed by atoms with Crippen molar-refractivity contribution >= 4 is 43.4 Å². The van der Waals surface area contributed by atoms with Crippen LogP contribution in [0.4, 0.5) is 5.13 Å². The predicted molar refractivity (Wildman–Crippen MR) is 140 cm³/mol. The van der Waals surface area contributed by atoms with Crippen molar-refractivity contribution in [2.45, 2.75) is 44.4 Å². The zero-order chi connectivity index (χ0) is 24.8. The molecule has 4 rings (SSSR count). The Labute approximate surface area is 209 Å². The number of nitrogens with one attached hydrogen (secondary N) is 1. The summed E-state index contributed by atoms with van der Waals surface area (Å²) in [5.41, 5.74) is 1.78. The second-order valence-corrected chi connectivity index (χ2v) is 11.1. The number of anilines is 1. The Hall–Kier alpha value is -3.01. The van der Waals surface area contributed by atoms with Gasteiger partial charge >= 0.3 is 0 Å². The molecule has 0 radical (unpaired) electrons. The number of fused-ring (bicyclic) bond motifs is 1. The standard InChI is InChI=1S/C26H29N3O4S2/c1-3-5-15-29(16-6-4-2)35(31,32)21-13-11-19(12-14-21)25(30)28-26-27-22(18-34-26)24-17-20-9-7-8-10-23(20)33-24/h7-14,17-18H,3-6,15-16H2,1-2H3,(H,27,28,30). The van der Waals surface area contributed by atoms with Crippen LogP contribution in [0.25, 0.3) is 22.4 Å². The third kappa shape index (κ3) is 5.80. The average molecular weight is 512 g/mol. The van der Waals surface area contributed by atoms with E-state index in [4.69, 9.17) is 4.42 Å². The third-order valence-corrected chi connectivity index (χ3v) is 8.35. The molecule has 0 aliphatic carbocycles. The first-order chi connectivity index (χ1) is 16.9. The molecule has 184 valence electrons. The van der Waals surface area contributed by atoms with E-state index in [0.717, 1.165) is 36.7 Å². The monoisotopic (exact) mass is 511 g/mol. The number of carbonyl (C=O) groups excluding carboxylic acids is 1. The predicted octanol–water partition coefficient (Wildman–Crippen LogP) is 6.40. The van der Waals surface area contributed by atoms with E-state index >= 15 is 0 Å². The van der Waals surface area contributed by atoms with Crippen LogP contribution in [0.2, 0.25) is 0 Å². The zero-order valence-corrected chi connectivity index (χ0v) is 21.5. The van der Waals surface area contributed by atoms with Crippen molar-refractivity contribution in [3.63, 3.8) is 0 Å². The summed E-state index contributed by atoms with van der Waals surface area (Å²) in [6.45, 7) is 5.08. The summed E-state index contributed by atoms with van der Waals surface area (Å²) in [6, 6.07) is 15.7. The van der Waals surface area contributed by atoms with Gasteiger partial charge in [-0.3, -0.25) is 10.1 Å². The number of carbonyl (C=O) groups is 1. The van der Waals surface area contributed by atoms with E-state index in [1.165, 1.54) is 35.6 Å². The van der Waals surface area contributed by atoms with Gasteiger partial charge < -0.3 is 4.42 Å². The largest absolute Gasteiger partial charge is 0.454 e. The van der Waals surface area contributed by atoms with Crippen molar-refractivity contribution in [1.82, 2.24) is 9.29 Å². The lowest BCUT2D eigenvalue weighted by Gasteiger charge is -2.22. The van der Waals surface area contributed by atoms with E-state index in [0.29, 0.717) is 35.2 Å². The van der Waals surface area contributed by atoms with Gasteiger partial charge in [-0.1, -0.05) is 44.9 Å². The van der Waals surface area contributed by atoms with Crippen molar-refractivity contribution in [2.24, 2.45) is 0 Å². The zero-order valence-electron chi connectivity index (χ0n) is 19.9. The minimum absolute atomic E-state index is 0.197. The summed E-state index contributed by atoms with van der Waals surface area (Å²) in [5, 5.41) is 6.03. The van der Waals surface area contributed by atoms with Crippen LogP contribution in [0.15, 0.2) is 69.3 Å². The minimum atomic E-state index is -3.60. The van der Waals surface area contributed by atoms with E-state index < -0.39 is 10.0 Å². The molecule has 0 spiro atoms. The molecule has 2 aromatic heterocycles. The minimum Gasteiger partial charge on any atom is -0.454 e. The molecule has 9 heteroatoms. The highest BCUT2D eigenvalue weighted by atomic mass is 32.2. The van der Waals surface area contributed by atoms with Crippen molar-refractivity contribution < 1.29 is 17.6 Å². The Balaban J connectivity index is 1.45. The molecule has 2 aromatic carbocycles. The molecule has 0 atom stereocenters. The topological polar surface area (TPSA) is 92.5 Å². The van der Waals surface area contributed by atoms with Crippen molar-refractivity contribution in [3.8, 4) is 11.5 Å². The van der Waals surface area contributed by atoms with Crippen LogP contribution < -0.4 is 5.32 Å². The number of benzene rings is 2. The number of para-hydroxylation sites is 1. The molecule has 2 heterocycles. The van der Waals surface area contributed by atoms with E-state index in [-0.39, 0.29) is 10.8 Å². The van der Waals surface area contributed by atoms with E-state index in [9.17, 15) is 13.2 Å². The fraction of sp³-hybridized carbons (Fsp3) is 0.308. The van der Waals surface area contributed by atoms with Gasteiger partial charge in [-0.25, -0.2) is 13.4 Å². The van der Waals surface area contributed by atoms with Gasteiger partial charge in [0.1, 0.15) is 11.3 Å². The van der Waals surface area contributed by atoms with Gasteiger partial charge in [0.15, 0.2) is 10.9 Å². The van der Waals surface area contributed by atoms with Crippen LogP contribution in [0.1, 0.15) is 49.9 Å². The number of thiazole rings is 1. The number of amides is 1. The van der Waals surface area contributed by atoms with Gasteiger partial charge in [0, 0.05) is 29.4 Å². The van der Waals surface area contributed by atoms with Crippen molar-refractivity contribution in [1.29, 1.82) is 0 Å². The van der Waals surface area contributed by atoms with Crippen LogP contribution in [0.5, 0.6) is 0 Å². The maximum atomic E-state index is 13.1. The Morgan fingerprint density at radius 2 is 1.71 bits per heavy atom. The van der Waals surface area contributed by atoms with Crippen LogP contribution in [0.3, 0.4) is 0 Å². The molecule has 0 saturated carbocycles. The first kappa shape index (κ1) is 25.1. The maximum absolute atomic E-state index is 13.1. The highest BCUT2D eigenvalue weighted by Crippen LogP contribution is 2.30. The lowest BCUT2D eigenvalue weighted by Crippen LogP contribution is -2.33. The highest BCUT2D eigenvalue weighted by molar-refractivity contribution is 7.89. The van der Waals surface area contributed by atoms with Crippen LogP contribution in [-0.2, 0) is 10.0 Å². The summed E-state index contributed by atoms with van der Waals surface area (Å²) < 4.78 is 33.6. The van der Waals surface area contributed by atoms with Crippen molar-refractivity contribution in [3.05, 3.63) is 65.5 Å². The molecule has 0 unspecified atom stereocenters. The quantitative estimate of drug-likeness (QED) is 0.252. The van der Waals surface area contributed by atoms with Gasteiger partial charge in [0.2, 0.25) is 10.0 Å². The van der Waals surface area contributed by atoms with E-state index in [1.54, 1.807) is 4.31 Å². The summed E-state index contributed by atoms with van der Waals surface area (Å²) in [4.78, 5) is 17.4. The Kier molecular flexibility index (Phi) is 8.00. The molecule has 1 amide bonds. The number of aromatic nitrogens is 1. The molecule has 35 heavy (non-hydrogen) atoms. The molecular formula is C26H29N3O4S2. The van der Waals surface area contributed by atoms with Crippen LogP contribution in [0, 0.1) is 0 Å². The number of sulfonamides is 1. The number of hydrogen-bond acceptors (Lipinski definition) is 6. The molecule has 0 bridgehead atoms. The van der Waals surface area contributed by atoms with Gasteiger partial charge in [-0.05, 0) is 49.2 Å². The molecular weight excluding hydrogens is 482 g/mol. The Morgan fingerprint density at radius 3 is 2.37 bits per heavy atom. The van der Waals surface area contributed by atoms with E-state index in [1.807, 2.05) is 49.6 Å². The fourth-order valence-electron chi connectivity index (χ4n) is 3.67. The summed E-state index contributed by atoms with van der Waals surface area (Å²) in [5.74, 6) is 0.279. The summed E-state index contributed by atoms with van der Waals surface area (Å²) in [6.07, 6.45) is 3.47. The fourth-order valence-corrected chi connectivity index (χ4v) is 5.88. The normalized spacial score (nSPS) is 11.9. The third-order valence-electron chi connectivity index (χ3n) is 5.68. The maximum Gasteiger partial charge on any atom is 0.257 e. The molecule has 0 aliphatic rings. The first-order valence-corrected chi connectivity index (χ1v) is 14.1. The SMILES string of the molecule is CCCCN(CCCC)S(=O)(=O)c1ccc(C(=O)Nc2nc(-c3cc4ccccc4o3)cs2)cc1. The van der Waals surface area contributed by atoms with Crippen LogP contribution in [-0.4, -0.2) is 36.7 Å². The molecule has 0 saturated heterocycles. The first-order valence-electron chi connectivity index (χ1n) is 11.8. The molecule has 0 aliphatic heterocycles. The lowest BCUT2D eigenvalue weighted by atomic mass is 10.2. The molecule has 4 aromatic rings. The number of furan rings is 1. The number of hydrogen-bond donors (Lipinski definition) is 1. The Morgan fingerprint density at radius 1 is 1.03 bits per heavy atom. The smallest absolute Gasteiger partial charge is 0.257 e. The van der Waals surface area contributed by atoms with Gasteiger partial charge in [0.05, 0.1) is 4.90 Å². The van der Waals surface area contributed by atoms with Crippen LogP contribution >= 0.6 is 11.3 Å². The van der Waals surface area contributed by atoms with Gasteiger partial charge in [-0.15, -0.1) is 11.3 Å². The van der Waals surface area contributed by atoms with Gasteiger partial charge in [-0.2, -0.15) is 4.31 Å². The lowest BCUT2D eigenvalue weighted by molar-refractivity contribution is 0.102. The number of nitrogens with zero attached hydrogens (tertiary/aromatic N) is 2. The Bertz CT molecular complexity index is 1350. The molecule has 1 N–H and O–H groups in total. The molecule has 7 nitrogen and oxygen atoms in total. The van der Waals surface area contributed by atoms with E-state index in [2.05, 4.69) is 10.3 Å². The highest BCUT2D eigenvalue weighted by Gasteiger charge is 2.24.